The molecule has 7 nitrogen and oxygen atoms in total. The molecule has 2 atom stereocenters. The number of thiophene rings is 2. The van der Waals surface area contributed by atoms with Crippen molar-refractivity contribution in [2.24, 2.45) is 0 Å². The van der Waals surface area contributed by atoms with Gasteiger partial charge in [0, 0.05) is 103 Å². The molecule has 6 N–H and O–H groups in total. The molecule has 0 bridgehead atoms. The van der Waals surface area contributed by atoms with E-state index in [1.807, 2.05) is 24.3 Å². The molecule has 0 saturated heterocycles. The van der Waals surface area contributed by atoms with Gasteiger partial charge in [0.15, 0.2) is 5.78 Å². The Hall–Kier alpha value is -4.55. The van der Waals surface area contributed by atoms with Crippen LogP contribution in [0, 0.1) is 0 Å². The van der Waals surface area contributed by atoms with Crippen LogP contribution in [0.25, 0.3) is 44.3 Å². The molecule has 10 rings (SSSR count). The molecule has 2 unspecified atom stereocenters. The number of aromatic amines is 2. The van der Waals surface area contributed by atoms with Crippen LogP contribution in [0.5, 0.6) is 0 Å². The molecular weight excluding hydrogens is 800 g/mol. The fourth-order valence-corrected chi connectivity index (χ4v) is 10.6. The van der Waals surface area contributed by atoms with E-state index in [1.165, 1.54) is 20.9 Å². The van der Waals surface area contributed by atoms with E-state index in [2.05, 4.69) is 115 Å². The highest BCUT2D eigenvalue weighted by molar-refractivity contribution is 7.10. The van der Waals surface area contributed by atoms with E-state index in [-0.39, 0.29) is 5.78 Å². The molecule has 292 valence electrons. The monoisotopic (exact) mass is 840 g/mol. The summed E-state index contributed by atoms with van der Waals surface area (Å²) in [6, 6.07) is 32.9. The van der Waals surface area contributed by atoms with Crippen molar-refractivity contribution in [2.45, 2.75) is 51.1 Å². The summed E-state index contributed by atoms with van der Waals surface area (Å²) < 4.78 is 0. The third kappa shape index (κ3) is 7.35. The van der Waals surface area contributed by atoms with Crippen LogP contribution in [-0.2, 0) is 43.8 Å². The molecule has 58 heavy (non-hydrogen) atoms. The molecule has 2 aliphatic rings. The normalized spacial score (nSPS) is 16.1. The van der Waals surface area contributed by atoms with Crippen LogP contribution in [0.1, 0.15) is 55.2 Å². The number of halogens is 2. The Morgan fingerprint density at radius 1 is 0.621 bits per heavy atom. The largest absolute Gasteiger partial charge is 0.355 e. The van der Waals surface area contributed by atoms with E-state index in [9.17, 15) is 4.79 Å². The van der Waals surface area contributed by atoms with Crippen molar-refractivity contribution >= 4 is 73.5 Å². The smallest absolute Gasteiger partial charge is 0.175 e. The summed E-state index contributed by atoms with van der Waals surface area (Å²) in [5, 5.41) is 22.1. The summed E-state index contributed by atoms with van der Waals surface area (Å²) in [6.07, 6.45) is 2.05. The highest BCUT2D eigenvalue weighted by Crippen LogP contribution is 2.45. The summed E-state index contributed by atoms with van der Waals surface area (Å²) in [6.45, 7) is 4.48. The first-order chi connectivity index (χ1) is 28.5. The molecule has 0 radical (unpaired) electrons. The Balaban J connectivity index is 0.907. The predicted octanol–water partition coefficient (Wildman–Crippen LogP) is 10.6. The zero-order chi connectivity index (χ0) is 39.2. The SMILES string of the molecule is O=C(C1NCc2c(Cl)ccc(-c3cc4cc(CNCCc5cccs5)ccc4[nH]3)c21)C1NCc2c(Cl)ccc(-c3cc4cc(CNCCc5cccs5)ccc4[nH]3)c21. The topological polar surface area (TPSA) is 96.8 Å². The number of Topliss-reactive ketones (excluding diaryl/α,β-unsaturated/α-hetero) is 1. The van der Waals surface area contributed by atoms with E-state index in [4.69, 9.17) is 23.2 Å². The van der Waals surface area contributed by atoms with Crippen LogP contribution in [0.3, 0.4) is 0 Å². The molecule has 0 aliphatic carbocycles. The molecule has 6 heterocycles. The van der Waals surface area contributed by atoms with Gasteiger partial charge in [-0.3, -0.25) is 15.4 Å². The van der Waals surface area contributed by atoms with Crippen LogP contribution >= 0.6 is 45.9 Å². The number of rotatable bonds is 14. The Morgan fingerprint density at radius 3 is 1.55 bits per heavy atom. The summed E-state index contributed by atoms with van der Waals surface area (Å²) in [4.78, 5) is 25.0. The molecule has 11 heteroatoms. The Morgan fingerprint density at radius 2 is 1.10 bits per heavy atom. The van der Waals surface area contributed by atoms with Crippen LogP contribution in [0.15, 0.2) is 108 Å². The molecule has 4 aromatic heterocycles. The van der Waals surface area contributed by atoms with Gasteiger partial charge in [-0.1, -0.05) is 59.6 Å². The zero-order valence-corrected chi connectivity index (χ0v) is 34.8. The lowest BCUT2D eigenvalue weighted by Crippen LogP contribution is -2.32. The highest BCUT2D eigenvalue weighted by Gasteiger charge is 2.41. The van der Waals surface area contributed by atoms with Gasteiger partial charge < -0.3 is 20.6 Å². The van der Waals surface area contributed by atoms with Crippen molar-refractivity contribution in [3.8, 4) is 22.5 Å². The fraction of sp³-hybridized carbons (Fsp3) is 0.213. The standard InChI is InChI=1S/C47H42Cl2N6OS2/c48-37-9-7-33(41-21-29-19-27(5-11-39(29)54-41)23-50-15-13-31-3-1-17-57-31)43-35(37)25-52-45(43)47(56)46-44-34(8-10-38(49)36(44)26-53-46)42-22-30-20-28(6-12-40(30)55-42)24-51-16-14-32-4-2-18-58-32/h1-12,17-22,45-46,50-55H,13-16,23-26H2. The minimum atomic E-state index is -0.564. The molecule has 8 aromatic rings. The van der Waals surface area contributed by atoms with Gasteiger partial charge in [0.25, 0.3) is 0 Å². The number of aromatic nitrogens is 2. The van der Waals surface area contributed by atoms with E-state index in [0.717, 1.165) is 106 Å². The Kier molecular flexibility index (Phi) is 10.6. The van der Waals surface area contributed by atoms with Crippen LogP contribution in [0.4, 0.5) is 0 Å². The van der Waals surface area contributed by atoms with Crippen molar-refractivity contribution in [3.05, 3.63) is 161 Å². The lowest BCUT2D eigenvalue weighted by molar-refractivity contribution is -0.123. The molecule has 0 saturated carbocycles. The highest BCUT2D eigenvalue weighted by atomic mass is 35.5. The van der Waals surface area contributed by atoms with Crippen LogP contribution in [0.2, 0.25) is 10.0 Å². The number of benzene rings is 4. The van der Waals surface area contributed by atoms with Crippen LogP contribution in [-0.4, -0.2) is 28.8 Å². The number of fused-ring (bicyclic) bond motifs is 4. The summed E-state index contributed by atoms with van der Waals surface area (Å²) >= 11 is 17.3. The van der Waals surface area contributed by atoms with Crippen molar-refractivity contribution < 1.29 is 4.79 Å². The summed E-state index contributed by atoms with van der Waals surface area (Å²) in [5.41, 5.74) is 12.2. The minimum Gasteiger partial charge on any atom is -0.355 e. The van der Waals surface area contributed by atoms with E-state index < -0.39 is 12.1 Å². The number of H-pyrrole nitrogens is 2. The van der Waals surface area contributed by atoms with Gasteiger partial charge in [-0.25, -0.2) is 0 Å². The first kappa shape index (κ1) is 37.7. The van der Waals surface area contributed by atoms with E-state index >= 15 is 0 Å². The van der Waals surface area contributed by atoms with Gasteiger partial charge in [0.2, 0.25) is 0 Å². The molecule has 0 spiro atoms. The second-order valence-electron chi connectivity index (χ2n) is 15.2. The molecule has 0 amide bonds. The maximum Gasteiger partial charge on any atom is 0.175 e. The molecule has 2 aliphatic heterocycles. The van der Waals surface area contributed by atoms with Gasteiger partial charge in [-0.2, -0.15) is 0 Å². The average molecular weight is 842 g/mol. The third-order valence-corrected chi connectivity index (χ3v) is 14.2. The fourth-order valence-electron chi connectivity index (χ4n) is 8.70. The van der Waals surface area contributed by atoms with Gasteiger partial charge in [-0.15, -0.1) is 22.7 Å². The van der Waals surface area contributed by atoms with Crippen LogP contribution < -0.4 is 21.3 Å². The van der Waals surface area contributed by atoms with E-state index in [1.54, 1.807) is 22.7 Å². The average Bonchev–Trinajstić information content (AvgIpc) is 4.09. The van der Waals surface area contributed by atoms with E-state index in [0.29, 0.717) is 23.1 Å². The number of nitrogens with one attached hydrogen (secondary N) is 6. The Bertz CT molecular complexity index is 2580. The van der Waals surface area contributed by atoms with Gasteiger partial charge in [-0.05, 0) is 118 Å². The maximum absolute atomic E-state index is 15.0. The first-order valence-electron chi connectivity index (χ1n) is 19.8. The predicted molar refractivity (Wildman–Crippen MR) is 241 cm³/mol. The van der Waals surface area contributed by atoms with Crippen molar-refractivity contribution in [1.82, 2.24) is 31.2 Å². The zero-order valence-electron chi connectivity index (χ0n) is 31.7. The van der Waals surface area contributed by atoms with Gasteiger partial charge >= 0.3 is 0 Å². The number of carbonyl (C=O) groups excluding carboxylic acids is 1. The lowest BCUT2D eigenvalue weighted by atomic mass is 9.87. The van der Waals surface area contributed by atoms with Crippen molar-refractivity contribution in [1.29, 1.82) is 0 Å². The third-order valence-electron chi connectivity index (χ3n) is 11.6. The quantitative estimate of drug-likeness (QED) is 0.0613. The summed E-state index contributed by atoms with van der Waals surface area (Å²) in [7, 11) is 0. The summed E-state index contributed by atoms with van der Waals surface area (Å²) in [5.74, 6) is 0.0450. The van der Waals surface area contributed by atoms with Crippen molar-refractivity contribution in [2.75, 3.05) is 13.1 Å². The Labute approximate surface area is 355 Å². The molecule has 0 fully saturated rings. The molecular formula is C47H42Cl2N6OS2. The number of hydrogen-bond donors (Lipinski definition) is 6. The molecule has 4 aromatic carbocycles. The second kappa shape index (κ2) is 16.2. The van der Waals surface area contributed by atoms with Gasteiger partial charge in [0.05, 0.1) is 12.1 Å². The second-order valence-corrected chi connectivity index (χ2v) is 18.1. The lowest BCUT2D eigenvalue weighted by Gasteiger charge is -2.21. The first-order valence-corrected chi connectivity index (χ1v) is 22.3. The number of ketones is 1. The number of carbonyl (C=O) groups is 1. The number of hydrogen-bond acceptors (Lipinski definition) is 7. The van der Waals surface area contributed by atoms with Crippen molar-refractivity contribution in [3.63, 3.8) is 0 Å². The minimum absolute atomic E-state index is 0.0450. The maximum atomic E-state index is 15.0. The van der Waals surface area contributed by atoms with Gasteiger partial charge in [0.1, 0.15) is 0 Å².